The summed E-state index contributed by atoms with van der Waals surface area (Å²) in [5.41, 5.74) is 2.06. The van der Waals surface area contributed by atoms with Crippen LogP contribution in [0.5, 0.6) is 5.75 Å². The monoisotopic (exact) mass is 442 g/mol. The summed E-state index contributed by atoms with van der Waals surface area (Å²) < 4.78 is 7.88. The van der Waals surface area contributed by atoms with Crippen LogP contribution in [0.2, 0.25) is 0 Å². The number of thioether (sulfide) groups is 2. The van der Waals surface area contributed by atoms with Gasteiger partial charge in [-0.25, -0.2) is 0 Å². The first-order valence-corrected chi connectivity index (χ1v) is 11.9. The van der Waals surface area contributed by atoms with Crippen LogP contribution < -0.4 is 10.1 Å². The minimum absolute atomic E-state index is 0.0804. The minimum Gasteiger partial charge on any atom is -0.483 e. The molecule has 0 bridgehead atoms. The Labute approximate surface area is 185 Å². The molecule has 0 fully saturated rings. The van der Waals surface area contributed by atoms with Crippen LogP contribution in [0, 0.1) is 0 Å². The van der Waals surface area contributed by atoms with Crippen LogP contribution in [0.15, 0.2) is 58.6 Å². The molecule has 0 unspecified atom stereocenters. The summed E-state index contributed by atoms with van der Waals surface area (Å²) in [4.78, 5) is 13.4. The van der Waals surface area contributed by atoms with Gasteiger partial charge in [0.05, 0.1) is 5.75 Å². The SMILES string of the molecule is CCc1ccc(O[C@@H](C)c2nnc(SCC(=O)Nc3cccc(SC)c3)n2C)cc1. The van der Waals surface area contributed by atoms with Crippen LogP contribution in [0.4, 0.5) is 5.69 Å². The third kappa shape index (κ3) is 5.79. The standard InChI is InChI=1S/C22H26N4O2S2/c1-5-16-9-11-18(12-10-16)28-15(2)21-24-25-22(26(21)3)30-14-20(27)23-17-7-6-8-19(13-17)29-4/h6-13,15H,5,14H2,1-4H3,(H,23,27)/t15-/m0/s1. The van der Waals surface area contributed by atoms with Gasteiger partial charge in [0.25, 0.3) is 0 Å². The Bertz CT molecular complexity index is 989. The second-order valence-electron chi connectivity index (χ2n) is 6.73. The summed E-state index contributed by atoms with van der Waals surface area (Å²) in [6.45, 7) is 4.07. The van der Waals surface area contributed by atoms with Crippen LogP contribution in [0.1, 0.15) is 31.3 Å². The molecule has 6 nitrogen and oxygen atoms in total. The Morgan fingerprint density at radius 1 is 1.20 bits per heavy atom. The molecule has 1 atom stereocenters. The quantitative estimate of drug-likeness (QED) is 0.472. The second kappa shape index (κ2) is 10.5. The summed E-state index contributed by atoms with van der Waals surface area (Å²) in [6, 6.07) is 15.9. The van der Waals surface area contributed by atoms with Gasteiger partial charge in [0.15, 0.2) is 17.1 Å². The van der Waals surface area contributed by atoms with E-state index in [1.807, 2.05) is 61.2 Å². The van der Waals surface area contributed by atoms with E-state index in [9.17, 15) is 4.79 Å². The third-order valence-electron chi connectivity index (χ3n) is 4.56. The zero-order valence-corrected chi connectivity index (χ0v) is 19.2. The summed E-state index contributed by atoms with van der Waals surface area (Å²) in [5, 5.41) is 12.1. The van der Waals surface area contributed by atoms with Crippen molar-refractivity contribution in [1.82, 2.24) is 14.8 Å². The topological polar surface area (TPSA) is 69.0 Å². The summed E-state index contributed by atoms with van der Waals surface area (Å²) >= 11 is 2.99. The van der Waals surface area contributed by atoms with E-state index < -0.39 is 0 Å². The molecule has 1 heterocycles. The molecule has 0 radical (unpaired) electrons. The highest BCUT2D eigenvalue weighted by Crippen LogP contribution is 2.24. The molecule has 1 aromatic heterocycles. The maximum atomic E-state index is 12.3. The van der Waals surface area contributed by atoms with Crippen molar-refractivity contribution in [1.29, 1.82) is 0 Å². The van der Waals surface area contributed by atoms with E-state index in [-0.39, 0.29) is 17.8 Å². The van der Waals surface area contributed by atoms with Gasteiger partial charge >= 0.3 is 0 Å². The van der Waals surface area contributed by atoms with Crippen molar-refractivity contribution in [3.63, 3.8) is 0 Å². The Morgan fingerprint density at radius 2 is 1.97 bits per heavy atom. The number of aromatic nitrogens is 3. The molecule has 1 amide bonds. The zero-order chi connectivity index (χ0) is 21.5. The third-order valence-corrected chi connectivity index (χ3v) is 6.31. The normalized spacial score (nSPS) is 11.9. The van der Waals surface area contributed by atoms with Gasteiger partial charge in [0.2, 0.25) is 5.91 Å². The molecule has 30 heavy (non-hydrogen) atoms. The van der Waals surface area contributed by atoms with Crippen LogP contribution in [0.25, 0.3) is 0 Å². The van der Waals surface area contributed by atoms with E-state index in [1.165, 1.54) is 17.3 Å². The molecule has 0 saturated heterocycles. The maximum Gasteiger partial charge on any atom is 0.234 e. The molecule has 0 aliphatic carbocycles. The van der Waals surface area contributed by atoms with Gasteiger partial charge in [-0.2, -0.15) is 0 Å². The largest absolute Gasteiger partial charge is 0.483 e. The van der Waals surface area contributed by atoms with Crippen molar-refractivity contribution < 1.29 is 9.53 Å². The lowest BCUT2D eigenvalue weighted by Gasteiger charge is -2.14. The lowest BCUT2D eigenvalue weighted by molar-refractivity contribution is -0.113. The fraction of sp³-hybridized carbons (Fsp3) is 0.318. The van der Waals surface area contributed by atoms with E-state index >= 15 is 0 Å². The van der Waals surface area contributed by atoms with Crippen LogP contribution in [0.3, 0.4) is 0 Å². The van der Waals surface area contributed by atoms with Gasteiger partial charge in [-0.1, -0.05) is 36.9 Å². The predicted octanol–water partition coefficient (Wildman–Crippen LogP) is 4.97. The fourth-order valence-electron chi connectivity index (χ4n) is 2.89. The molecular formula is C22H26N4O2S2. The number of benzene rings is 2. The zero-order valence-electron chi connectivity index (χ0n) is 17.6. The molecule has 0 aliphatic heterocycles. The smallest absolute Gasteiger partial charge is 0.234 e. The highest BCUT2D eigenvalue weighted by atomic mass is 32.2. The molecule has 8 heteroatoms. The number of anilines is 1. The molecule has 0 aliphatic rings. The number of rotatable bonds is 9. The highest BCUT2D eigenvalue weighted by molar-refractivity contribution is 7.99. The Hall–Kier alpha value is -2.45. The summed E-state index contributed by atoms with van der Waals surface area (Å²) in [5.74, 6) is 1.68. The molecular weight excluding hydrogens is 416 g/mol. The number of ether oxygens (including phenoxy) is 1. The van der Waals surface area contributed by atoms with Crippen molar-refractivity contribution in [3.05, 3.63) is 59.9 Å². The Kier molecular flexibility index (Phi) is 7.81. The van der Waals surface area contributed by atoms with Gasteiger partial charge in [0.1, 0.15) is 5.75 Å². The van der Waals surface area contributed by atoms with Crippen LogP contribution >= 0.6 is 23.5 Å². The van der Waals surface area contributed by atoms with Crippen molar-refractivity contribution in [3.8, 4) is 5.75 Å². The van der Waals surface area contributed by atoms with E-state index in [1.54, 1.807) is 11.8 Å². The lowest BCUT2D eigenvalue weighted by Crippen LogP contribution is -2.15. The average Bonchev–Trinajstić information content (AvgIpc) is 3.13. The second-order valence-corrected chi connectivity index (χ2v) is 8.55. The number of nitrogens with zero attached hydrogens (tertiary/aromatic N) is 3. The fourth-order valence-corrected chi connectivity index (χ4v) is 4.07. The van der Waals surface area contributed by atoms with Crippen molar-refractivity contribution in [2.45, 2.75) is 36.4 Å². The lowest BCUT2D eigenvalue weighted by atomic mass is 10.2. The average molecular weight is 443 g/mol. The van der Waals surface area contributed by atoms with Crippen LogP contribution in [-0.2, 0) is 18.3 Å². The number of aryl methyl sites for hydroxylation is 1. The Balaban J connectivity index is 1.56. The number of carbonyl (C=O) groups excluding carboxylic acids is 1. The van der Waals surface area contributed by atoms with Gasteiger partial charge in [-0.05, 0) is 55.5 Å². The number of hydrogen-bond acceptors (Lipinski definition) is 6. The predicted molar refractivity (Wildman–Crippen MR) is 123 cm³/mol. The molecule has 2 aromatic carbocycles. The summed E-state index contributed by atoms with van der Waals surface area (Å²) in [6.07, 6.45) is 2.75. The van der Waals surface area contributed by atoms with E-state index in [0.29, 0.717) is 11.0 Å². The first-order valence-electron chi connectivity index (χ1n) is 9.71. The molecule has 0 saturated carbocycles. The first-order chi connectivity index (χ1) is 14.5. The minimum atomic E-state index is -0.257. The Morgan fingerprint density at radius 3 is 2.67 bits per heavy atom. The van der Waals surface area contributed by atoms with Crippen molar-refractivity contribution >= 4 is 35.1 Å². The molecule has 1 N–H and O–H groups in total. The van der Waals surface area contributed by atoms with Crippen molar-refractivity contribution in [2.75, 3.05) is 17.3 Å². The molecule has 158 valence electrons. The molecule has 0 spiro atoms. The van der Waals surface area contributed by atoms with Gasteiger partial charge in [-0.15, -0.1) is 22.0 Å². The van der Waals surface area contributed by atoms with E-state index in [4.69, 9.17) is 4.74 Å². The molecule has 3 aromatic rings. The number of hydrogen-bond donors (Lipinski definition) is 1. The van der Waals surface area contributed by atoms with Gasteiger partial charge < -0.3 is 14.6 Å². The first kappa shape index (κ1) is 22.2. The number of nitrogens with one attached hydrogen (secondary N) is 1. The van der Waals surface area contributed by atoms with E-state index in [2.05, 4.69) is 34.6 Å². The van der Waals surface area contributed by atoms with Crippen molar-refractivity contribution in [2.24, 2.45) is 7.05 Å². The summed E-state index contributed by atoms with van der Waals surface area (Å²) in [7, 11) is 1.89. The molecule has 3 rings (SSSR count). The number of amides is 1. The van der Waals surface area contributed by atoms with Gasteiger partial charge in [0, 0.05) is 17.6 Å². The van der Waals surface area contributed by atoms with Crippen LogP contribution in [-0.4, -0.2) is 32.7 Å². The maximum absolute atomic E-state index is 12.3. The van der Waals surface area contributed by atoms with Gasteiger partial charge in [-0.3, -0.25) is 4.79 Å². The highest BCUT2D eigenvalue weighted by Gasteiger charge is 2.18. The number of carbonyl (C=O) groups is 1. The van der Waals surface area contributed by atoms with E-state index in [0.717, 1.165) is 22.8 Å².